The van der Waals surface area contributed by atoms with Crippen LogP contribution in [0.1, 0.15) is 36.8 Å². The van der Waals surface area contributed by atoms with Gasteiger partial charge in [0.1, 0.15) is 5.75 Å². The average Bonchev–Trinajstić information content (AvgIpc) is 2.63. The molecule has 1 aromatic rings. The second kappa shape index (κ2) is 6.06. The minimum absolute atomic E-state index is 0.138. The van der Waals surface area contributed by atoms with Crippen molar-refractivity contribution in [3.63, 3.8) is 0 Å². The second-order valence-corrected chi connectivity index (χ2v) is 6.26. The first-order valence-electron chi connectivity index (χ1n) is 7.81. The minimum atomic E-state index is -0.649. The fraction of sp³-hybridized carbons (Fsp3) is 0.588. The summed E-state index contributed by atoms with van der Waals surface area (Å²) in [4.78, 5) is 10.9. The first kappa shape index (κ1) is 14.4. The van der Waals surface area contributed by atoms with Gasteiger partial charge in [0.2, 0.25) is 0 Å². The van der Waals surface area contributed by atoms with Crippen LogP contribution in [0, 0.1) is 5.92 Å². The summed E-state index contributed by atoms with van der Waals surface area (Å²) in [6, 6.07) is 7.12. The summed E-state index contributed by atoms with van der Waals surface area (Å²) < 4.78 is 5.47. The number of hydrogen-bond donors (Lipinski definition) is 2. The SMILES string of the molecule is COc1cccc2c1CCCC(NC1CC(C(=O)O)C1)C2. The first-order chi connectivity index (χ1) is 10.2. The molecule has 0 amide bonds. The predicted molar refractivity (Wildman–Crippen MR) is 80.7 cm³/mol. The van der Waals surface area contributed by atoms with Gasteiger partial charge in [-0.2, -0.15) is 0 Å². The van der Waals surface area contributed by atoms with Crippen molar-refractivity contribution < 1.29 is 14.6 Å². The Morgan fingerprint density at radius 2 is 2.14 bits per heavy atom. The van der Waals surface area contributed by atoms with Gasteiger partial charge in [-0.3, -0.25) is 4.79 Å². The number of hydrogen-bond acceptors (Lipinski definition) is 3. The van der Waals surface area contributed by atoms with E-state index in [0.29, 0.717) is 12.1 Å². The molecule has 1 fully saturated rings. The monoisotopic (exact) mass is 289 g/mol. The van der Waals surface area contributed by atoms with Crippen LogP contribution in [-0.2, 0) is 17.6 Å². The van der Waals surface area contributed by atoms with Gasteiger partial charge in [-0.25, -0.2) is 0 Å². The molecule has 21 heavy (non-hydrogen) atoms. The zero-order chi connectivity index (χ0) is 14.8. The molecule has 114 valence electrons. The molecule has 3 rings (SSSR count). The maximum absolute atomic E-state index is 10.9. The first-order valence-corrected chi connectivity index (χ1v) is 7.81. The van der Waals surface area contributed by atoms with Crippen molar-refractivity contribution in [2.24, 2.45) is 5.92 Å². The molecule has 2 N–H and O–H groups in total. The number of benzene rings is 1. The molecule has 1 aromatic carbocycles. The Hall–Kier alpha value is -1.55. The lowest BCUT2D eigenvalue weighted by Crippen LogP contribution is -2.48. The largest absolute Gasteiger partial charge is 0.496 e. The van der Waals surface area contributed by atoms with Crippen LogP contribution < -0.4 is 10.1 Å². The maximum atomic E-state index is 10.9. The Kier molecular flexibility index (Phi) is 4.15. The predicted octanol–water partition coefficient (Wildman–Crippen LogP) is 2.40. The van der Waals surface area contributed by atoms with Gasteiger partial charge in [-0.1, -0.05) is 12.1 Å². The summed E-state index contributed by atoms with van der Waals surface area (Å²) in [6.45, 7) is 0. The highest BCUT2D eigenvalue weighted by molar-refractivity contribution is 5.71. The van der Waals surface area contributed by atoms with E-state index in [-0.39, 0.29) is 5.92 Å². The van der Waals surface area contributed by atoms with Gasteiger partial charge in [-0.05, 0) is 55.7 Å². The van der Waals surface area contributed by atoms with Gasteiger partial charge >= 0.3 is 5.97 Å². The lowest BCUT2D eigenvalue weighted by atomic mass is 9.79. The van der Waals surface area contributed by atoms with Crippen molar-refractivity contribution in [1.82, 2.24) is 5.32 Å². The standard InChI is InChI=1S/C17H23NO3/c1-21-16-7-2-4-11-8-13(5-3-6-15(11)16)18-14-9-12(10-14)17(19)20/h2,4,7,12-14,18H,3,5-6,8-10H2,1H3,(H,19,20). The van der Waals surface area contributed by atoms with Crippen LogP contribution in [0.5, 0.6) is 5.75 Å². The summed E-state index contributed by atoms with van der Waals surface area (Å²) in [5.74, 6) is 0.215. The lowest BCUT2D eigenvalue weighted by Gasteiger charge is -2.36. The van der Waals surface area contributed by atoms with Crippen LogP contribution in [0.25, 0.3) is 0 Å². The quantitative estimate of drug-likeness (QED) is 0.836. The van der Waals surface area contributed by atoms with E-state index in [1.54, 1.807) is 7.11 Å². The maximum Gasteiger partial charge on any atom is 0.306 e. The summed E-state index contributed by atoms with van der Waals surface area (Å²) in [5.41, 5.74) is 2.72. The van der Waals surface area contributed by atoms with Gasteiger partial charge < -0.3 is 15.2 Å². The highest BCUT2D eigenvalue weighted by Crippen LogP contribution is 2.31. The normalized spacial score (nSPS) is 28.1. The number of nitrogens with one attached hydrogen (secondary N) is 1. The van der Waals surface area contributed by atoms with E-state index in [1.165, 1.54) is 11.1 Å². The van der Waals surface area contributed by atoms with Crippen molar-refractivity contribution in [2.75, 3.05) is 7.11 Å². The third kappa shape index (κ3) is 3.05. The number of fused-ring (bicyclic) bond motifs is 1. The average molecular weight is 289 g/mol. The van der Waals surface area contributed by atoms with E-state index >= 15 is 0 Å². The van der Waals surface area contributed by atoms with E-state index in [0.717, 1.165) is 44.3 Å². The third-order valence-electron chi connectivity index (χ3n) is 4.85. The molecular formula is C17H23NO3. The van der Waals surface area contributed by atoms with Gasteiger partial charge in [0.05, 0.1) is 13.0 Å². The molecule has 0 spiro atoms. The Balaban J connectivity index is 1.63. The molecule has 0 heterocycles. The number of ether oxygens (including phenoxy) is 1. The molecule has 0 radical (unpaired) electrons. The molecule has 2 aliphatic carbocycles. The number of carboxylic acids is 1. The van der Waals surface area contributed by atoms with E-state index in [9.17, 15) is 4.79 Å². The zero-order valence-electron chi connectivity index (χ0n) is 12.5. The molecule has 0 saturated heterocycles. The summed E-state index contributed by atoms with van der Waals surface area (Å²) >= 11 is 0. The molecule has 0 aliphatic heterocycles. The van der Waals surface area contributed by atoms with E-state index < -0.39 is 5.97 Å². The minimum Gasteiger partial charge on any atom is -0.496 e. The molecule has 1 saturated carbocycles. The van der Waals surface area contributed by atoms with Crippen LogP contribution in [0.2, 0.25) is 0 Å². The Labute approximate surface area is 125 Å². The van der Waals surface area contributed by atoms with Gasteiger partial charge in [0.15, 0.2) is 0 Å². The Bertz CT molecular complexity index is 523. The number of carbonyl (C=O) groups is 1. The van der Waals surface area contributed by atoms with E-state index in [2.05, 4.69) is 17.4 Å². The molecule has 4 nitrogen and oxygen atoms in total. The number of methoxy groups -OCH3 is 1. The smallest absolute Gasteiger partial charge is 0.306 e. The van der Waals surface area contributed by atoms with E-state index in [1.807, 2.05) is 6.07 Å². The van der Waals surface area contributed by atoms with Crippen LogP contribution in [0.4, 0.5) is 0 Å². The lowest BCUT2D eigenvalue weighted by molar-refractivity contribution is -0.145. The van der Waals surface area contributed by atoms with Crippen molar-refractivity contribution in [2.45, 2.75) is 50.6 Å². The van der Waals surface area contributed by atoms with Gasteiger partial charge in [0.25, 0.3) is 0 Å². The molecule has 1 unspecified atom stereocenters. The highest BCUT2D eigenvalue weighted by atomic mass is 16.5. The number of aliphatic carboxylic acids is 1. The molecule has 4 heteroatoms. The fourth-order valence-electron chi connectivity index (χ4n) is 3.60. The van der Waals surface area contributed by atoms with Crippen LogP contribution >= 0.6 is 0 Å². The summed E-state index contributed by atoms with van der Waals surface area (Å²) in [5, 5.41) is 12.6. The Morgan fingerprint density at radius 3 is 2.86 bits per heavy atom. The van der Waals surface area contributed by atoms with Crippen molar-refractivity contribution in [3.05, 3.63) is 29.3 Å². The van der Waals surface area contributed by atoms with E-state index in [4.69, 9.17) is 9.84 Å². The number of carboxylic acid groups (broad SMARTS) is 1. The van der Waals surface area contributed by atoms with Gasteiger partial charge in [-0.15, -0.1) is 0 Å². The molecule has 0 aromatic heterocycles. The number of rotatable bonds is 4. The van der Waals surface area contributed by atoms with Crippen molar-refractivity contribution >= 4 is 5.97 Å². The highest BCUT2D eigenvalue weighted by Gasteiger charge is 2.35. The van der Waals surface area contributed by atoms with Crippen LogP contribution in [-0.4, -0.2) is 30.3 Å². The molecule has 1 atom stereocenters. The van der Waals surface area contributed by atoms with Crippen molar-refractivity contribution in [1.29, 1.82) is 0 Å². The van der Waals surface area contributed by atoms with Crippen LogP contribution in [0.15, 0.2) is 18.2 Å². The van der Waals surface area contributed by atoms with Crippen LogP contribution in [0.3, 0.4) is 0 Å². The van der Waals surface area contributed by atoms with Gasteiger partial charge in [0, 0.05) is 12.1 Å². The Morgan fingerprint density at radius 1 is 1.33 bits per heavy atom. The summed E-state index contributed by atoms with van der Waals surface area (Å²) in [6.07, 6.45) is 5.93. The topological polar surface area (TPSA) is 58.6 Å². The second-order valence-electron chi connectivity index (χ2n) is 6.26. The van der Waals surface area contributed by atoms with Crippen molar-refractivity contribution in [3.8, 4) is 5.75 Å². The fourth-order valence-corrected chi connectivity index (χ4v) is 3.60. The summed E-state index contributed by atoms with van der Waals surface area (Å²) in [7, 11) is 1.73. The third-order valence-corrected chi connectivity index (χ3v) is 4.85. The zero-order valence-corrected chi connectivity index (χ0v) is 12.5. The molecule has 2 aliphatic rings. The molecule has 0 bridgehead atoms. The molecular weight excluding hydrogens is 266 g/mol.